The maximum absolute atomic E-state index is 12.1. The maximum atomic E-state index is 12.1. The predicted octanol–water partition coefficient (Wildman–Crippen LogP) is 0.830. The molecule has 0 aromatic rings. The lowest BCUT2D eigenvalue weighted by Crippen LogP contribution is -2.43. The fraction of sp³-hybridized carbons (Fsp3) is 0.933. The molecule has 1 amide bonds. The Balaban J connectivity index is 1.41. The average molecular weight is 282 g/mol. The highest BCUT2D eigenvalue weighted by molar-refractivity contribution is 5.78. The monoisotopic (exact) mass is 282 g/mol. The van der Waals surface area contributed by atoms with Gasteiger partial charge in [0, 0.05) is 25.7 Å². The largest absolute Gasteiger partial charge is 0.381 e. The van der Waals surface area contributed by atoms with Gasteiger partial charge in [0.05, 0.1) is 11.7 Å². The van der Waals surface area contributed by atoms with Gasteiger partial charge in [0.1, 0.15) is 0 Å². The van der Waals surface area contributed by atoms with Gasteiger partial charge in [-0.15, -0.1) is 0 Å². The van der Waals surface area contributed by atoms with Crippen molar-refractivity contribution < 1.29 is 14.3 Å². The molecule has 20 heavy (non-hydrogen) atoms. The summed E-state index contributed by atoms with van der Waals surface area (Å²) in [5, 5.41) is 6.46. The summed E-state index contributed by atoms with van der Waals surface area (Å²) in [4.78, 5) is 12.1. The molecule has 3 aliphatic heterocycles. The second-order valence-electron chi connectivity index (χ2n) is 6.34. The van der Waals surface area contributed by atoms with Gasteiger partial charge >= 0.3 is 0 Å². The molecule has 0 aliphatic carbocycles. The minimum Gasteiger partial charge on any atom is -0.381 e. The smallest absolute Gasteiger partial charge is 0.223 e. The Labute approximate surface area is 120 Å². The van der Waals surface area contributed by atoms with Crippen LogP contribution in [-0.4, -0.2) is 50.5 Å². The predicted molar refractivity (Wildman–Crippen MR) is 75.5 cm³/mol. The van der Waals surface area contributed by atoms with Crippen LogP contribution in [0.25, 0.3) is 0 Å². The highest BCUT2D eigenvalue weighted by Gasteiger charge is 2.40. The first kappa shape index (κ1) is 14.3. The molecule has 0 saturated carbocycles. The first-order valence-electron chi connectivity index (χ1n) is 8.01. The summed E-state index contributed by atoms with van der Waals surface area (Å²) in [6, 6.07) is 0. The zero-order chi connectivity index (χ0) is 13.8. The number of hydrogen-bond donors (Lipinski definition) is 2. The number of piperidine rings is 1. The summed E-state index contributed by atoms with van der Waals surface area (Å²) < 4.78 is 11.5. The molecule has 3 heterocycles. The molecule has 3 saturated heterocycles. The van der Waals surface area contributed by atoms with E-state index >= 15 is 0 Å². The lowest BCUT2D eigenvalue weighted by atomic mass is 9.89. The molecule has 1 atom stereocenters. The number of ether oxygens (including phenoxy) is 2. The van der Waals surface area contributed by atoms with Crippen molar-refractivity contribution in [2.75, 3.05) is 32.8 Å². The lowest BCUT2D eigenvalue weighted by Gasteiger charge is -2.34. The summed E-state index contributed by atoms with van der Waals surface area (Å²) in [7, 11) is 0. The van der Waals surface area contributed by atoms with Crippen molar-refractivity contribution in [3.63, 3.8) is 0 Å². The lowest BCUT2D eigenvalue weighted by molar-refractivity contribution is -0.129. The van der Waals surface area contributed by atoms with Gasteiger partial charge in [0.2, 0.25) is 5.91 Å². The number of hydrogen-bond acceptors (Lipinski definition) is 4. The van der Waals surface area contributed by atoms with Gasteiger partial charge < -0.3 is 20.1 Å². The first-order valence-corrected chi connectivity index (χ1v) is 8.01. The minimum absolute atomic E-state index is 0.0966. The van der Waals surface area contributed by atoms with Crippen molar-refractivity contribution in [2.45, 2.75) is 50.2 Å². The minimum atomic E-state index is 0.0966. The third-order valence-electron chi connectivity index (χ3n) is 4.95. The average Bonchev–Trinajstić information content (AvgIpc) is 2.89. The van der Waals surface area contributed by atoms with Crippen LogP contribution in [0.15, 0.2) is 0 Å². The van der Waals surface area contributed by atoms with E-state index in [1.165, 1.54) is 0 Å². The van der Waals surface area contributed by atoms with Crippen LogP contribution in [0.5, 0.6) is 0 Å². The molecule has 114 valence electrons. The zero-order valence-corrected chi connectivity index (χ0v) is 12.2. The van der Waals surface area contributed by atoms with E-state index in [-0.39, 0.29) is 23.5 Å². The maximum Gasteiger partial charge on any atom is 0.223 e. The fourth-order valence-electron chi connectivity index (χ4n) is 3.61. The van der Waals surface area contributed by atoms with Crippen molar-refractivity contribution in [3.05, 3.63) is 0 Å². The van der Waals surface area contributed by atoms with Crippen molar-refractivity contribution >= 4 is 5.91 Å². The Kier molecular flexibility index (Phi) is 4.58. The van der Waals surface area contributed by atoms with Crippen molar-refractivity contribution in [2.24, 2.45) is 5.92 Å². The number of carbonyl (C=O) groups excluding carboxylic acids is 1. The molecular weight excluding hydrogens is 256 g/mol. The van der Waals surface area contributed by atoms with E-state index in [2.05, 4.69) is 10.6 Å². The van der Waals surface area contributed by atoms with Crippen LogP contribution >= 0.6 is 0 Å². The highest BCUT2D eigenvalue weighted by atomic mass is 16.5. The van der Waals surface area contributed by atoms with Crippen molar-refractivity contribution in [3.8, 4) is 0 Å². The van der Waals surface area contributed by atoms with Gasteiger partial charge in [-0.25, -0.2) is 0 Å². The van der Waals surface area contributed by atoms with Crippen LogP contribution < -0.4 is 10.6 Å². The van der Waals surface area contributed by atoms with Crippen LogP contribution in [-0.2, 0) is 14.3 Å². The summed E-state index contributed by atoms with van der Waals surface area (Å²) in [5.41, 5.74) is 0.0966. The van der Waals surface area contributed by atoms with E-state index < -0.39 is 0 Å². The Morgan fingerprint density at radius 3 is 2.65 bits per heavy atom. The molecule has 5 heteroatoms. The summed E-state index contributed by atoms with van der Waals surface area (Å²) in [5.74, 6) is 0.321. The van der Waals surface area contributed by atoms with Crippen LogP contribution in [0, 0.1) is 5.92 Å². The molecule has 0 bridgehead atoms. The van der Waals surface area contributed by atoms with Gasteiger partial charge in [-0.3, -0.25) is 4.79 Å². The van der Waals surface area contributed by atoms with E-state index in [9.17, 15) is 4.79 Å². The van der Waals surface area contributed by atoms with Crippen molar-refractivity contribution in [1.29, 1.82) is 0 Å². The van der Waals surface area contributed by atoms with Gasteiger partial charge in [0.15, 0.2) is 0 Å². The Hall–Kier alpha value is -0.650. The van der Waals surface area contributed by atoms with E-state index in [0.29, 0.717) is 19.8 Å². The van der Waals surface area contributed by atoms with Crippen LogP contribution in [0.1, 0.15) is 38.5 Å². The molecule has 0 aromatic carbocycles. The third kappa shape index (κ3) is 3.32. The van der Waals surface area contributed by atoms with E-state index in [1.807, 2.05) is 0 Å². The van der Waals surface area contributed by atoms with Crippen LogP contribution in [0.4, 0.5) is 0 Å². The van der Waals surface area contributed by atoms with Crippen LogP contribution in [0.2, 0.25) is 0 Å². The molecule has 0 aromatic heterocycles. The third-order valence-corrected chi connectivity index (χ3v) is 4.95. The molecule has 5 nitrogen and oxygen atoms in total. The van der Waals surface area contributed by atoms with E-state index in [0.717, 1.165) is 51.6 Å². The second-order valence-corrected chi connectivity index (χ2v) is 6.34. The Morgan fingerprint density at radius 2 is 1.90 bits per heavy atom. The molecular formula is C15H26N2O3. The SMILES string of the molecule is O=C(NC[C@H]1CCC2(CCNCC2)O1)C1CCOCC1. The quantitative estimate of drug-likeness (QED) is 0.805. The summed E-state index contributed by atoms with van der Waals surface area (Å²) in [6.07, 6.45) is 6.35. The molecule has 1 spiro atoms. The number of amides is 1. The highest BCUT2D eigenvalue weighted by Crippen LogP contribution is 2.37. The molecule has 3 rings (SSSR count). The Morgan fingerprint density at radius 1 is 1.15 bits per heavy atom. The van der Waals surface area contributed by atoms with Gasteiger partial charge in [-0.2, -0.15) is 0 Å². The van der Waals surface area contributed by atoms with Crippen LogP contribution in [0.3, 0.4) is 0 Å². The molecule has 3 fully saturated rings. The summed E-state index contributed by atoms with van der Waals surface area (Å²) >= 11 is 0. The second kappa shape index (κ2) is 6.41. The standard InChI is InChI=1S/C15H26N2O3/c18-14(12-2-9-19-10-3-12)17-11-13-1-4-15(20-13)5-7-16-8-6-15/h12-13,16H,1-11H2,(H,17,18)/t13-/m1/s1. The van der Waals surface area contributed by atoms with Crippen molar-refractivity contribution in [1.82, 2.24) is 10.6 Å². The number of nitrogens with one attached hydrogen (secondary N) is 2. The molecule has 3 aliphatic rings. The normalized spacial score (nSPS) is 30.5. The summed E-state index contributed by atoms with van der Waals surface area (Å²) in [6.45, 7) is 4.22. The number of carbonyl (C=O) groups is 1. The topological polar surface area (TPSA) is 59.6 Å². The Bertz CT molecular complexity index is 336. The molecule has 0 radical (unpaired) electrons. The zero-order valence-electron chi connectivity index (χ0n) is 12.2. The van der Waals surface area contributed by atoms with Gasteiger partial charge in [-0.1, -0.05) is 0 Å². The van der Waals surface area contributed by atoms with Gasteiger partial charge in [0.25, 0.3) is 0 Å². The first-order chi connectivity index (χ1) is 9.77. The fourth-order valence-corrected chi connectivity index (χ4v) is 3.61. The number of rotatable bonds is 3. The van der Waals surface area contributed by atoms with Gasteiger partial charge in [-0.05, 0) is 51.6 Å². The van der Waals surface area contributed by atoms with E-state index in [4.69, 9.17) is 9.47 Å². The molecule has 0 unspecified atom stereocenters. The molecule has 2 N–H and O–H groups in total. The van der Waals surface area contributed by atoms with E-state index in [1.54, 1.807) is 0 Å².